The number of nitrogen functional groups attached to an aromatic ring is 1. The van der Waals surface area contributed by atoms with E-state index in [9.17, 15) is 0 Å². The van der Waals surface area contributed by atoms with Crippen LogP contribution in [0.5, 0.6) is 0 Å². The van der Waals surface area contributed by atoms with Crippen molar-refractivity contribution in [2.45, 2.75) is 59.3 Å². The van der Waals surface area contributed by atoms with Gasteiger partial charge in [-0.1, -0.05) is 53.1 Å². The molecule has 0 atom stereocenters. The van der Waals surface area contributed by atoms with Crippen LogP contribution in [0.25, 0.3) is 10.9 Å². The smallest absolute Gasteiger partial charge is 0.0759 e. The normalized spacial score (nSPS) is 13.0. The van der Waals surface area contributed by atoms with Gasteiger partial charge in [-0.2, -0.15) is 0 Å². The van der Waals surface area contributed by atoms with Crippen molar-refractivity contribution in [1.29, 1.82) is 0 Å². The molecule has 0 spiro atoms. The number of nitrogens with zero attached hydrogens (tertiary/aromatic N) is 1. The fourth-order valence-corrected chi connectivity index (χ4v) is 2.75. The lowest BCUT2D eigenvalue weighted by Crippen LogP contribution is -2.19. The number of hydrogen-bond donors (Lipinski definition) is 1. The SMILES string of the molecule is Cc1c(N)c(Cl)cc2c(C(C)(C)C)cc(C(C)(C)C)nc12. The Morgan fingerprint density at radius 1 is 1.00 bits per heavy atom. The van der Waals surface area contributed by atoms with Gasteiger partial charge in [0.2, 0.25) is 0 Å². The standard InChI is InChI=1S/C18H25ClN2/c1-10-15(20)13(19)8-11-12(17(2,3)4)9-14(18(5,6)7)21-16(10)11/h8-9H,20H2,1-7H3. The van der Waals surface area contributed by atoms with Crippen LogP contribution in [0, 0.1) is 6.92 Å². The molecule has 0 saturated carbocycles. The molecule has 1 heterocycles. The Morgan fingerprint density at radius 3 is 2.05 bits per heavy atom. The summed E-state index contributed by atoms with van der Waals surface area (Å²) in [4.78, 5) is 4.88. The van der Waals surface area contributed by atoms with Gasteiger partial charge >= 0.3 is 0 Å². The minimum atomic E-state index is -0.00493. The van der Waals surface area contributed by atoms with E-state index in [1.807, 2.05) is 13.0 Å². The summed E-state index contributed by atoms with van der Waals surface area (Å²) in [6.07, 6.45) is 0. The summed E-state index contributed by atoms with van der Waals surface area (Å²) >= 11 is 6.29. The lowest BCUT2D eigenvalue weighted by molar-refractivity contribution is 0.558. The van der Waals surface area contributed by atoms with Crippen molar-refractivity contribution in [3.05, 3.63) is 34.0 Å². The van der Waals surface area contributed by atoms with Crippen LogP contribution >= 0.6 is 11.6 Å². The molecule has 0 saturated heterocycles. The Kier molecular flexibility index (Phi) is 3.74. The van der Waals surface area contributed by atoms with Gasteiger partial charge in [-0.05, 0) is 35.6 Å². The number of rotatable bonds is 0. The van der Waals surface area contributed by atoms with Crippen LogP contribution in [0.1, 0.15) is 58.4 Å². The zero-order valence-corrected chi connectivity index (χ0v) is 14.8. The van der Waals surface area contributed by atoms with E-state index in [2.05, 4.69) is 47.6 Å². The largest absolute Gasteiger partial charge is 0.397 e. The minimum absolute atomic E-state index is 0.00493. The van der Waals surface area contributed by atoms with Gasteiger partial charge in [-0.3, -0.25) is 4.98 Å². The number of benzene rings is 1. The second kappa shape index (κ2) is 4.88. The summed E-state index contributed by atoms with van der Waals surface area (Å²) in [5, 5.41) is 1.71. The number of aromatic nitrogens is 1. The van der Waals surface area contributed by atoms with Crippen molar-refractivity contribution in [1.82, 2.24) is 4.98 Å². The number of halogens is 1. The van der Waals surface area contributed by atoms with Crippen LogP contribution in [-0.2, 0) is 10.8 Å². The number of hydrogen-bond acceptors (Lipinski definition) is 2. The fraction of sp³-hybridized carbons (Fsp3) is 0.500. The summed E-state index contributed by atoms with van der Waals surface area (Å²) in [6.45, 7) is 15.2. The number of pyridine rings is 1. The van der Waals surface area contributed by atoms with Crippen molar-refractivity contribution in [2.24, 2.45) is 0 Å². The number of anilines is 1. The van der Waals surface area contributed by atoms with Crippen LogP contribution < -0.4 is 5.73 Å². The first-order valence-electron chi connectivity index (χ1n) is 7.33. The third-order valence-electron chi connectivity index (χ3n) is 3.92. The van der Waals surface area contributed by atoms with Crippen molar-refractivity contribution >= 4 is 28.2 Å². The first kappa shape index (κ1) is 16.1. The number of fused-ring (bicyclic) bond motifs is 1. The maximum atomic E-state index is 6.29. The lowest BCUT2D eigenvalue weighted by atomic mass is 9.81. The summed E-state index contributed by atoms with van der Waals surface area (Å²) in [7, 11) is 0. The van der Waals surface area contributed by atoms with E-state index in [1.165, 1.54) is 5.56 Å². The van der Waals surface area contributed by atoms with Gasteiger partial charge in [0, 0.05) is 16.5 Å². The number of aryl methyl sites for hydroxylation is 1. The topological polar surface area (TPSA) is 38.9 Å². The van der Waals surface area contributed by atoms with Gasteiger partial charge in [0.25, 0.3) is 0 Å². The number of nitrogens with two attached hydrogens (primary N) is 1. The van der Waals surface area contributed by atoms with Gasteiger partial charge in [0.05, 0.1) is 16.2 Å². The molecule has 1 aromatic heterocycles. The summed E-state index contributed by atoms with van der Waals surface area (Å²) in [6, 6.07) is 4.17. The van der Waals surface area contributed by atoms with Crippen LogP contribution in [0.3, 0.4) is 0 Å². The van der Waals surface area contributed by atoms with Crippen molar-refractivity contribution in [3.63, 3.8) is 0 Å². The van der Waals surface area contributed by atoms with E-state index in [0.717, 1.165) is 22.2 Å². The molecule has 0 aliphatic rings. The molecular formula is C18H25ClN2. The van der Waals surface area contributed by atoms with Crippen LogP contribution in [0.2, 0.25) is 5.02 Å². The highest BCUT2D eigenvalue weighted by molar-refractivity contribution is 6.34. The first-order valence-corrected chi connectivity index (χ1v) is 7.71. The molecule has 1 aromatic carbocycles. The molecule has 114 valence electrons. The molecule has 0 fully saturated rings. The molecule has 2 aromatic rings. The quantitative estimate of drug-likeness (QED) is 0.664. The molecule has 3 heteroatoms. The summed E-state index contributed by atoms with van der Waals surface area (Å²) < 4.78 is 0. The van der Waals surface area contributed by atoms with Crippen molar-refractivity contribution in [3.8, 4) is 0 Å². The second-order valence-electron chi connectivity index (χ2n) is 7.85. The predicted molar refractivity (Wildman–Crippen MR) is 93.3 cm³/mol. The third kappa shape index (κ3) is 2.87. The van der Waals surface area contributed by atoms with Crippen LogP contribution in [-0.4, -0.2) is 4.98 Å². The molecule has 21 heavy (non-hydrogen) atoms. The van der Waals surface area contributed by atoms with Gasteiger partial charge in [0.1, 0.15) is 0 Å². The van der Waals surface area contributed by atoms with Crippen molar-refractivity contribution in [2.75, 3.05) is 5.73 Å². The van der Waals surface area contributed by atoms with Gasteiger partial charge < -0.3 is 5.73 Å². The fourth-order valence-electron chi connectivity index (χ4n) is 2.50. The Bertz CT molecular complexity index is 704. The first-order chi connectivity index (χ1) is 9.43. The molecule has 2 N–H and O–H groups in total. The van der Waals surface area contributed by atoms with Crippen LogP contribution in [0.15, 0.2) is 12.1 Å². The zero-order valence-electron chi connectivity index (χ0n) is 14.1. The average Bonchev–Trinajstić information content (AvgIpc) is 2.32. The molecule has 0 bridgehead atoms. The highest BCUT2D eigenvalue weighted by Gasteiger charge is 2.24. The van der Waals surface area contributed by atoms with E-state index in [0.29, 0.717) is 10.7 Å². The Labute approximate surface area is 132 Å². The summed E-state index contributed by atoms with van der Waals surface area (Å²) in [5.41, 5.74) is 11.0. The van der Waals surface area contributed by atoms with Gasteiger partial charge in [0.15, 0.2) is 0 Å². The maximum absolute atomic E-state index is 6.29. The third-order valence-corrected chi connectivity index (χ3v) is 4.24. The maximum Gasteiger partial charge on any atom is 0.0759 e. The van der Waals surface area contributed by atoms with Gasteiger partial charge in [-0.25, -0.2) is 0 Å². The molecule has 0 unspecified atom stereocenters. The Hall–Kier alpha value is -1.28. The highest BCUT2D eigenvalue weighted by atomic mass is 35.5. The van der Waals surface area contributed by atoms with E-state index < -0.39 is 0 Å². The van der Waals surface area contributed by atoms with Crippen LogP contribution in [0.4, 0.5) is 5.69 Å². The van der Waals surface area contributed by atoms with E-state index in [4.69, 9.17) is 22.3 Å². The highest BCUT2D eigenvalue weighted by Crippen LogP contribution is 2.38. The molecule has 0 aliphatic heterocycles. The lowest BCUT2D eigenvalue weighted by Gasteiger charge is -2.27. The molecular weight excluding hydrogens is 280 g/mol. The Balaban J connectivity index is 2.99. The van der Waals surface area contributed by atoms with E-state index in [-0.39, 0.29) is 10.8 Å². The second-order valence-corrected chi connectivity index (χ2v) is 8.26. The van der Waals surface area contributed by atoms with E-state index in [1.54, 1.807) is 0 Å². The molecule has 0 aliphatic carbocycles. The zero-order chi connectivity index (χ0) is 16.2. The predicted octanol–water partition coefficient (Wildman–Crippen LogP) is 5.37. The molecule has 2 rings (SSSR count). The summed E-state index contributed by atoms with van der Waals surface area (Å²) in [5.74, 6) is 0. The van der Waals surface area contributed by atoms with Crippen molar-refractivity contribution < 1.29 is 0 Å². The monoisotopic (exact) mass is 304 g/mol. The van der Waals surface area contributed by atoms with Gasteiger partial charge in [-0.15, -0.1) is 0 Å². The minimum Gasteiger partial charge on any atom is -0.397 e. The van der Waals surface area contributed by atoms with E-state index >= 15 is 0 Å². The molecule has 0 radical (unpaired) electrons. The molecule has 2 nitrogen and oxygen atoms in total. The molecule has 0 amide bonds. The Morgan fingerprint density at radius 2 is 1.57 bits per heavy atom. The average molecular weight is 305 g/mol.